The fourth-order valence-corrected chi connectivity index (χ4v) is 2.60. The van der Waals surface area contributed by atoms with E-state index >= 15 is 0 Å². The Labute approximate surface area is 129 Å². The van der Waals surface area contributed by atoms with E-state index in [1.165, 1.54) is 21.3 Å². The van der Waals surface area contributed by atoms with E-state index in [0.717, 1.165) is 0 Å². The van der Waals surface area contributed by atoms with Crippen molar-refractivity contribution < 1.29 is 28.8 Å². The Morgan fingerprint density at radius 1 is 1.14 bits per heavy atom. The zero-order chi connectivity index (χ0) is 16.1. The highest BCUT2D eigenvalue weighted by atomic mass is 16.5. The second-order valence-corrected chi connectivity index (χ2v) is 4.85. The number of ether oxygens (including phenoxy) is 4. The first kappa shape index (κ1) is 16.4. The third-order valence-corrected chi connectivity index (χ3v) is 3.65. The molecule has 2 rings (SSSR count). The molecule has 0 aliphatic carbocycles. The number of carboxylic acid groups (broad SMARTS) is 1. The Kier molecular flexibility index (Phi) is 5.46. The zero-order valence-corrected chi connectivity index (χ0v) is 13.0. The Hall–Kier alpha value is -1.99. The van der Waals surface area contributed by atoms with Crippen LogP contribution in [0.5, 0.6) is 17.2 Å². The summed E-state index contributed by atoms with van der Waals surface area (Å²) in [6.45, 7) is 2.17. The second-order valence-electron chi connectivity index (χ2n) is 4.85. The van der Waals surface area contributed by atoms with Gasteiger partial charge in [-0.3, -0.25) is 9.69 Å². The molecule has 1 heterocycles. The summed E-state index contributed by atoms with van der Waals surface area (Å²) in [7, 11) is 4.52. The van der Waals surface area contributed by atoms with Crippen LogP contribution in [-0.2, 0) is 9.53 Å². The fraction of sp³-hybridized carbons (Fsp3) is 0.533. The lowest BCUT2D eigenvalue weighted by Gasteiger charge is -2.32. The van der Waals surface area contributed by atoms with Gasteiger partial charge >= 0.3 is 5.97 Å². The van der Waals surface area contributed by atoms with E-state index in [1.54, 1.807) is 12.1 Å². The normalized spacial score (nSPS) is 16.9. The molecule has 0 spiro atoms. The number of carbonyl (C=O) groups is 1. The maximum Gasteiger partial charge on any atom is 0.325 e. The van der Waals surface area contributed by atoms with Gasteiger partial charge in [-0.15, -0.1) is 0 Å². The number of carboxylic acids is 1. The van der Waals surface area contributed by atoms with Crippen molar-refractivity contribution in [1.82, 2.24) is 4.90 Å². The lowest BCUT2D eigenvalue weighted by molar-refractivity contribution is -0.145. The minimum Gasteiger partial charge on any atom is -0.493 e. The second kappa shape index (κ2) is 7.33. The Balaban J connectivity index is 2.44. The summed E-state index contributed by atoms with van der Waals surface area (Å²) in [5, 5.41) is 9.64. The van der Waals surface area contributed by atoms with Crippen LogP contribution in [0.3, 0.4) is 0 Å². The Bertz CT molecular complexity index is 502. The first-order chi connectivity index (χ1) is 10.6. The van der Waals surface area contributed by atoms with Crippen LogP contribution in [0.25, 0.3) is 0 Å². The van der Waals surface area contributed by atoms with E-state index < -0.39 is 12.0 Å². The molecule has 1 aliphatic heterocycles. The van der Waals surface area contributed by atoms with Crippen molar-refractivity contribution in [2.45, 2.75) is 6.04 Å². The van der Waals surface area contributed by atoms with Crippen LogP contribution in [0.4, 0.5) is 0 Å². The highest BCUT2D eigenvalue weighted by Crippen LogP contribution is 2.40. The lowest BCUT2D eigenvalue weighted by atomic mass is 10.0. The first-order valence-corrected chi connectivity index (χ1v) is 6.96. The van der Waals surface area contributed by atoms with Crippen molar-refractivity contribution >= 4 is 5.97 Å². The highest BCUT2D eigenvalue weighted by molar-refractivity contribution is 5.76. The molecule has 0 radical (unpaired) electrons. The molecule has 7 nitrogen and oxygen atoms in total. The van der Waals surface area contributed by atoms with Crippen molar-refractivity contribution in [3.05, 3.63) is 17.7 Å². The van der Waals surface area contributed by atoms with Crippen LogP contribution in [-0.4, -0.2) is 63.6 Å². The molecule has 0 bridgehead atoms. The van der Waals surface area contributed by atoms with Crippen molar-refractivity contribution in [2.75, 3.05) is 47.6 Å². The molecule has 1 aliphatic rings. The lowest BCUT2D eigenvalue weighted by Crippen LogP contribution is -2.42. The van der Waals surface area contributed by atoms with Gasteiger partial charge in [0, 0.05) is 13.1 Å². The summed E-state index contributed by atoms with van der Waals surface area (Å²) in [4.78, 5) is 13.6. The first-order valence-electron chi connectivity index (χ1n) is 6.96. The van der Waals surface area contributed by atoms with Gasteiger partial charge in [0.2, 0.25) is 5.75 Å². The van der Waals surface area contributed by atoms with Crippen molar-refractivity contribution in [3.63, 3.8) is 0 Å². The molecule has 1 unspecified atom stereocenters. The molecule has 0 amide bonds. The summed E-state index contributed by atoms with van der Waals surface area (Å²) >= 11 is 0. The number of benzene rings is 1. The smallest absolute Gasteiger partial charge is 0.325 e. The number of methoxy groups -OCH3 is 3. The average Bonchev–Trinajstić information content (AvgIpc) is 2.54. The molecule has 1 atom stereocenters. The van der Waals surface area contributed by atoms with E-state index in [2.05, 4.69) is 0 Å². The van der Waals surface area contributed by atoms with Crippen molar-refractivity contribution in [2.24, 2.45) is 0 Å². The zero-order valence-electron chi connectivity index (χ0n) is 13.0. The van der Waals surface area contributed by atoms with E-state index in [-0.39, 0.29) is 0 Å². The topological polar surface area (TPSA) is 77.5 Å². The predicted octanol–water partition coefficient (Wildman–Crippen LogP) is 1.17. The SMILES string of the molecule is COc1cc(C(C(=O)O)N2CCOCC2)cc(OC)c1OC. The van der Waals surface area contributed by atoms with Gasteiger partial charge in [-0.2, -0.15) is 0 Å². The van der Waals surface area contributed by atoms with E-state index in [4.69, 9.17) is 18.9 Å². The van der Waals surface area contributed by atoms with Crippen LogP contribution < -0.4 is 14.2 Å². The molecule has 0 aromatic heterocycles. The summed E-state index contributed by atoms with van der Waals surface area (Å²) in [6, 6.07) is 2.57. The minimum atomic E-state index is -0.920. The Morgan fingerprint density at radius 2 is 1.68 bits per heavy atom. The van der Waals surface area contributed by atoms with Crippen LogP contribution >= 0.6 is 0 Å². The van der Waals surface area contributed by atoms with Crippen molar-refractivity contribution in [3.8, 4) is 17.2 Å². The fourth-order valence-electron chi connectivity index (χ4n) is 2.60. The molecular weight excluding hydrogens is 290 g/mol. The third-order valence-electron chi connectivity index (χ3n) is 3.65. The number of hydrogen-bond acceptors (Lipinski definition) is 6. The minimum absolute atomic E-state index is 0.441. The maximum absolute atomic E-state index is 11.8. The van der Waals surface area contributed by atoms with Gasteiger partial charge < -0.3 is 24.1 Å². The van der Waals surface area contributed by atoms with Gasteiger partial charge in [0.1, 0.15) is 6.04 Å². The van der Waals surface area contributed by atoms with Crippen LogP contribution in [0, 0.1) is 0 Å². The van der Waals surface area contributed by atoms with Crippen LogP contribution in [0.15, 0.2) is 12.1 Å². The molecule has 7 heteroatoms. The molecule has 1 fully saturated rings. The number of hydrogen-bond donors (Lipinski definition) is 1. The molecule has 22 heavy (non-hydrogen) atoms. The van der Waals surface area contributed by atoms with Crippen molar-refractivity contribution in [1.29, 1.82) is 0 Å². The van der Waals surface area contributed by atoms with E-state index in [1.807, 2.05) is 4.90 Å². The summed E-state index contributed by atoms with van der Waals surface area (Å²) in [6.07, 6.45) is 0. The number of aliphatic carboxylic acids is 1. The average molecular weight is 311 g/mol. The van der Waals surface area contributed by atoms with E-state index in [0.29, 0.717) is 49.1 Å². The summed E-state index contributed by atoms with van der Waals surface area (Å²) in [5.41, 5.74) is 0.587. The van der Waals surface area contributed by atoms with Crippen LogP contribution in [0.2, 0.25) is 0 Å². The monoisotopic (exact) mass is 311 g/mol. The highest BCUT2D eigenvalue weighted by Gasteiger charge is 2.30. The Morgan fingerprint density at radius 3 is 2.09 bits per heavy atom. The largest absolute Gasteiger partial charge is 0.493 e. The molecule has 0 saturated carbocycles. The quantitative estimate of drug-likeness (QED) is 0.845. The van der Waals surface area contributed by atoms with Gasteiger partial charge in [0.15, 0.2) is 11.5 Å². The summed E-state index contributed by atoms with van der Waals surface area (Å²) < 4.78 is 21.1. The van der Waals surface area contributed by atoms with Crippen LogP contribution in [0.1, 0.15) is 11.6 Å². The molecule has 1 N–H and O–H groups in total. The molecule has 122 valence electrons. The third kappa shape index (κ3) is 3.26. The number of morpholine rings is 1. The van der Waals surface area contributed by atoms with Gasteiger partial charge in [-0.1, -0.05) is 0 Å². The number of nitrogens with zero attached hydrogens (tertiary/aromatic N) is 1. The maximum atomic E-state index is 11.8. The molecular formula is C15H21NO6. The molecule has 1 saturated heterocycles. The van der Waals surface area contributed by atoms with Gasteiger partial charge in [-0.05, 0) is 17.7 Å². The van der Waals surface area contributed by atoms with Gasteiger partial charge in [-0.25, -0.2) is 0 Å². The van der Waals surface area contributed by atoms with Gasteiger partial charge in [0.05, 0.1) is 34.5 Å². The van der Waals surface area contributed by atoms with E-state index in [9.17, 15) is 9.90 Å². The molecule has 1 aromatic carbocycles. The predicted molar refractivity (Wildman–Crippen MR) is 78.9 cm³/mol. The molecule has 1 aromatic rings. The van der Waals surface area contributed by atoms with Gasteiger partial charge in [0.25, 0.3) is 0 Å². The standard InChI is InChI=1S/C15H21NO6/c1-19-11-8-10(9-12(20-2)14(11)21-3)13(15(17)18)16-4-6-22-7-5-16/h8-9,13H,4-7H2,1-3H3,(H,17,18). The summed E-state index contributed by atoms with van der Waals surface area (Å²) in [5.74, 6) is 0.406. The number of rotatable bonds is 6.